The van der Waals surface area contributed by atoms with E-state index in [0.717, 1.165) is 0 Å². The van der Waals surface area contributed by atoms with Crippen LogP contribution in [-0.4, -0.2) is 20.9 Å². The lowest BCUT2D eigenvalue weighted by Gasteiger charge is -2.00. The summed E-state index contributed by atoms with van der Waals surface area (Å²) in [6.07, 6.45) is 3.49. The molecule has 0 amide bonds. The molecule has 108 valence electrons. The van der Waals surface area contributed by atoms with Crippen molar-refractivity contribution in [3.05, 3.63) is 59.6 Å². The Balaban J connectivity index is 1.58. The molecule has 0 bridgehead atoms. The molecule has 0 atom stereocenters. The first kappa shape index (κ1) is 13.2. The maximum atomic E-state index is 11.8. The highest BCUT2D eigenvalue weighted by Gasteiger charge is 2.14. The monoisotopic (exact) mass is 287 g/mol. The van der Waals surface area contributed by atoms with Crippen molar-refractivity contribution in [1.82, 2.24) is 14.9 Å². The van der Waals surface area contributed by atoms with Gasteiger partial charge in [0.05, 0.1) is 6.54 Å². The molecule has 7 nitrogen and oxygen atoms in total. The van der Waals surface area contributed by atoms with Crippen LogP contribution in [0.1, 0.15) is 27.8 Å². The van der Waals surface area contributed by atoms with E-state index in [1.54, 1.807) is 36.0 Å². The van der Waals surface area contributed by atoms with Gasteiger partial charge < -0.3 is 13.7 Å². The topological polar surface area (TPSA) is 83.3 Å². The number of hydrogen-bond donors (Lipinski definition) is 0. The number of esters is 1. The number of hydrogen-bond acceptors (Lipinski definition) is 6. The second-order valence-electron chi connectivity index (χ2n) is 4.47. The molecule has 7 heteroatoms. The number of furan rings is 1. The van der Waals surface area contributed by atoms with Gasteiger partial charge in [-0.25, -0.2) is 4.79 Å². The molecular formula is C14H13N3O4. The lowest BCUT2D eigenvalue weighted by Crippen LogP contribution is -2.04. The van der Waals surface area contributed by atoms with Gasteiger partial charge in [-0.05, 0) is 25.1 Å². The summed E-state index contributed by atoms with van der Waals surface area (Å²) in [7, 11) is 0. The van der Waals surface area contributed by atoms with Gasteiger partial charge in [-0.2, -0.15) is 5.10 Å². The van der Waals surface area contributed by atoms with Crippen molar-refractivity contribution >= 4 is 5.97 Å². The Labute approximate surface area is 120 Å². The summed E-state index contributed by atoms with van der Waals surface area (Å²) in [5.74, 6) is 0.906. The van der Waals surface area contributed by atoms with Crippen LogP contribution in [-0.2, 0) is 17.9 Å². The van der Waals surface area contributed by atoms with Crippen molar-refractivity contribution in [1.29, 1.82) is 0 Å². The molecule has 0 fully saturated rings. The van der Waals surface area contributed by atoms with Gasteiger partial charge in [0, 0.05) is 18.5 Å². The maximum Gasteiger partial charge on any atom is 0.374 e. The summed E-state index contributed by atoms with van der Waals surface area (Å²) in [6, 6.07) is 6.82. The van der Waals surface area contributed by atoms with Gasteiger partial charge in [0.25, 0.3) is 0 Å². The smallest absolute Gasteiger partial charge is 0.374 e. The van der Waals surface area contributed by atoms with E-state index in [1.807, 2.05) is 12.3 Å². The maximum absolute atomic E-state index is 11.8. The largest absolute Gasteiger partial charge is 0.453 e. The molecule has 0 aliphatic heterocycles. The Morgan fingerprint density at radius 2 is 2.33 bits per heavy atom. The Morgan fingerprint density at radius 1 is 1.43 bits per heavy atom. The van der Waals surface area contributed by atoms with E-state index in [-0.39, 0.29) is 12.4 Å². The van der Waals surface area contributed by atoms with Crippen LogP contribution in [0, 0.1) is 6.92 Å². The zero-order valence-electron chi connectivity index (χ0n) is 11.4. The number of aryl methyl sites for hydroxylation is 1. The number of ether oxygens (including phenoxy) is 1. The molecule has 0 unspecified atom stereocenters. The first-order chi connectivity index (χ1) is 10.2. The number of rotatable bonds is 5. The molecule has 0 radical (unpaired) electrons. The fraction of sp³-hybridized carbons (Fsp3) is 0.214. The van der Waals surface area contributed by atoms with Crippen LogP contribution < -0.4 is 0 Å². The number of aromatic nitrogens is 3. The molecule has 0 saturated heterocycles. The summed E-state index contributed by atoms with van der Waals surface area (Å²) in [5.41, 5.74) is 0.559. The summed E-state index contributed by atoms with van der Waals surface area (Å²) in [5, 5.41) is 7.81. The van der Waals surface area contributed by atoms with Crippen molar-refractivity contribution in [2.45, 2.75) is 20.1 Å². The molecule has 0 spiro atoms. The summed E-state index contributed by atoms with van der Waals surface area (Å²) >= 11 is 0. The number of nitrogens with zero attached hydrogens (tertiary/aromatic N) is 3. The third kappa shape index (κ3) is 3.19. The standard InChI is InChI=1S/C14H13N3O4/c1-10-7-11(16-21-10)9-19-14(18)13-4-3-12(20-13)8-17-6-2-5-15-17/h2-7H,8-9H2,1H3. The normalized spacial score (nSPS) is 10.7. The van der Waals surface area contributed by atoms with Crippen molar-refractivity contribution < 1.29 is 18.5 Å². The average Bonchev–Trinajstić information content (AvgIpc) is 3.19. The predicted octanol–water partition coefficient (Wildman–Crippen LogP) is 2.18. The van der Waals surface area contributed by atoms with Gasteiger partial charge in [-0.15, -0.1) is 0 Å². The van der Waals surface area contributed by atoms with Crippen LogP contribution in [0.5, 0.6) is 0 Å². The number of carbonyl (C=O) groups excluding carboxylic acids is 1. The lowest BCUT2D eigenvalue weighted by molar-refractivity contribution is 0.0425. The van der Waals surface area contributed by atoms with Crippen molar-refractivity contribution in [2.75, 3.05) is 0 Å². The Morgan fingerprint density at radius 3 is 3.05 bits per heavy atom. The molecule has 0 saturated carbocycles. The van der Waals surface area contributed by atoms with Crippen LogP contribution in [0.3, 0.4) is 0 Å². The Bertz CT molecular complexity index is 727. The molecule has 0 aromatic carbocycles. The Hall–Kier alpha value is -2.83. The molecule has 3 rings (SSSR count). The van der Waals surface area contributed by atoms with E-state index in [0.29, 0.717) is 23.8 Å². The third-order valence-electron chi connectivity index (χ3n) is 2.77. The van der Waals surface area contributed by atoms with Crippen LogP contribution in [0.25, 0.3) is 0 Å². The van der Waals surface area contributed by atoms with Gasteiger partial charge in [-0.1, -0.05) is 5.16 Å². The van der Waals surface area contributed by atoms with Gasteiger partial charge in [-0.3, -0.25) is 4.68 Å². The van der Waals surface area contributed by atoms with Crippen molar-refractivity contribution in [3.8, 4) is 0 Å². The summed E-state index contributed by atoms with van der Waals surface area (Å²) in [6.45, 7) is 2.28. The van der Waals surface area contributed by atoms with Crippen LogP contribution in [0.15, 0.2) is 45.6 Å². The van der Waals surface area contributed by atoms with E-state index in [4.69, 9.17) is 13.7 Å². The minimum absolute atomic E-state index is 0.0470. The van der Waals surface area contributed by atoms with Gasteiger partial charge in [0.1, 0.15) is 23.8 Å². The molecule has 3 aromatic heterocycles. The molecule has 3 heterocycles. The summed E-state index contributed by atoms with van der Waals surface area (Å²) < 4.78 is 17.1. The van der Waals surface area contributed by atoms with Gasteiger partial charge >= 0.3 is 5.97 Å². The highest BCUT2D eigenvalue weighted by molar-refractivity contribution is 5.86. The third-order valence-corrected chi connectivity index (χ3v) is 2.77. The fourth-order valence-corrected chi connectivity index (χ4v) is 1.82. The quantitative estimate of drug-likeness (QED) is 0.669. The second kappa shape index (κ2) is 5.66. The minimum atomic E-state index is -0.539. The molecule has 0 aliphatic carbocycles. The predicted molar refractivity (Wildman–Crippen MR) is 70.4 cm³/mol. The molecule has 0 N–H and O–H groups in total. The summed E-state index contributed by atoms with van der Waals surface area (Å²) in [4.78, 5) is 11.8. The van der Waals surface area contributed by atoms with E-state index >= 15 is 0 Å². The minimum Gasteiger partial charge on any atom is -0.453 e. The van der Waals surface area contributed by atoms with Crippen LogP contribution >= 0.6 is 0 Å². The van der Waals surface area contributed by atoms with E-state index in [2.05, 4.69) is 10.3 Å². The lowest BCUT2D eigenvalue weighted by atomic mass is 10.4. The molecule has 3 aromatic rings. The van der Waals surface area contributed by atoms with E-state index in [9.17, 15) is 4.79 Å². The van der Waals surface area contributed by atoms with E-state index < -0.39 is 5.97 Å². The Kier molecular flexibility index (Phi) is 3.55. The van der Waals surface area contributed by atoms with Gasteiger partial charge in [0.2, 0.25) is 5.76 Å². The van der Waals surface area contributed by atoms with Crippen molar-refractivity contribution in [3.63, 3.8) is 0 Å². The number of carbonyl (C=O) groups is 1. The zero-order valence-corrected chi connectivity index (χ0v) is 11.4. The van der Waals surface area contributed by atoms with Gasteiger partial charge in [0.15, 0.2) is 0 Å². The van der Waals surface area contributed by atoms with Crippen molar-refractivity contribution in [2.24, 2.45) is 0 Å². The highest BCUT2D eigenvalue weighted by atomic mass is 16.5. The average molecular weight is 287 g/mol. The fourth-order valence-electron chi connectivity index (χ4n) is 1.82. The molecule has 0 aliphatic rings. The van der Waals surface area contributed by atoms with Crippen LogP contribution in [0.4, 0.5) is 0 Å². The molecular weight excluding hydrogens is 274 g/mol. The SMILES string of the molecule is Cc1cc(COC(=O)c2ccc(Cn3cccn3)o2)no1. The van der Waals surface area contributed by atoms with Crippen LogP contribution in [0.2, 0.25) is 0 Å². The van der Waals surface area contributed by atoms with E-state index in [1.165, 1.54) is 0 Å². The molecule has 21 heavy (non-hydrogen) atoms. The zero-order chi connectivity index (χ0) is 14.7. The first-order valence-electron chi connectivity index (χ1n) is 6.36. The second-order valence-corrected chi connectivity index (χ2v) is 4.47. The highest BCUT2D eigenvalue weighted by Crippen LogP contribution is 2.12. The first-order valence-corrected chi connectivity index (χ1v) is 6.36.